The molecule has 4 rings (SSSR count). The van der Waals surface area contributed by atoms with Crippen LogP contribution in [0, 0.1) is 6.92 Å². The Morgan fingerprint density at radius 1 is 1.14 bits per heavy atom. The van der Waals surface area contributed by atoms with Crippen molar-refractivity contribution >= 4 is 46.0 Å². The minimum Gasteiger partial charge on any atom is -0.480 e. The van der Waals surface area contributed by atoms with Crippen LogP contribution in [-0.4, -0.2) is 37.8 Å². The van der Waals surface area contributed by atoms with Crippen molar-refractivity contribution in [2.24, 2.45) is 7.05 Å². The third-order valence-electron chi connectivity index (χ3n) is 5.75. The van der Waals surface area contributed by atoms with E-state index in [0.29, 0.717) is 22.0 Å². The van der Waals surface area contributed by atoms with Gasteiger partial charge in [0.1, 0.15) is 11.2 Å². The van der Waals surface area contributed by atoms with E-state index in [4.69, 9.17) is 23.2 Å². The van der Waals surface area contributed by atoms with Crippen LogP contribution in [-0.2, 0) is 24.4 Å². The van der Waals surface area contributed by atoms with Gasteiger partial charge in [-0.15, -0.1) is 0 Å². The van der Waals surface area contributed by atoms with Crippen LogP contribution in [0.4, 0.5) is 13.2 Å². The molecule has 2 aromatic heterocycles. The molecule has 2 N–H and O–H groups in total. The van der Waals surface area contributed by atoms with Crippen molar-refractivity contribution < 1.29 is 27.9 Å². The topological polar surface area (TPSA) is 97.1 Å². The number of pyridine rings is 1. The van der Waals surface area contributed by atoms with E-state index in [-0.39, 0.29) is 33.4 Å². The SMILES string of the molecule is Cc1cccc(Cl)c1C(=O)NC(Cc1ccc2nc(-c3c(C(F)(F)F)nn(C)c3Cl)ccc2c1)C(=O)O. The number of aliphatic carboxylic acids is 1. The molecule has 1 unspecified atom stereocenters. The molecule has 7 nitrogen and oxygen atoms in total. The summed E-state index contributed by atoms with van der Waals surface area (Å²) in [4.78, 5) is 28.9. The number of carbonyl (C=O) groups is 2. The van der Waals surface area contributed by atoms with Gasteiger partial charge in [0.25, 0.3) is 5.91 Å². The molecule has 0 spiro atoms. The highest BCUT2D eigenvalue weighted by molar-refractivity contribution is 6.34. The molecule has 0 saturated heterocycles. The highest BCUT2D eigenvalue weighted by Gasteiger charge is 2.39. The standard InChI is InChI=1S/C25H19Cl2F3N4O3/c1-12-4-3-5-15(26)19(12)23(35)32-18(24(36)37)11-13-6-8-16-14(10-13)7-9-17(31-16)20-21(25(28,29)30)33-34(2)22(20)27/h3-10,18H,11H2,1-2H3,(H,32,35)(H,36,37). The van der Waals surface area contributed by atoms with Crippen LogP contribution < -0.4 is 5.32 Å². The average Bonchev–Trinajstić information content (AvgIpc) is 3.13. The average molecular weight is 551 g/mol. The fraction of sp³-hybridized carbons (Fsp3) is 0.200. The molecule has 1 amide bonds. The first kappa shape index (κ1) is 26.4. The second kappa shape index (κ2) is 10.0. The summed E-state index contributed by atoms with van der Waals surface area (Å²) < 4.78 is 41.4. The van der Waals surface area contributed by atoms with E-state index in [1.807, 2.05) is 0 Å². The predicted molar refractivity (Wildman–Crippen MR) is 133 cm³/mol. The Balaban J connectivity index is 1.62. The number of aromatic nitrogens is 3. The summed E-state index contributed by atoms with van der Waals surface area (Å²) in [7, 11) is 1.30. The number of aryl methyl sites for hydroxylation is 2. The van der Waals surface area contributed by atoms with E-state index >= 15 is 0 Å². The molecular formula is C25H19Cl2F3N4O3. The van der Waals surface area contributed by atoms with Gasteiger partial charge < -0.3 is 10.4 Å². The van der Waals surface area contributed by atoms with E-state index in [0.717, 1.165) is 4.68 Å². The Hall–Kier alpha value is -3.63. The lowest BCUT2D eigenvalue weighted by molar-refractivity contribution is -0.141. The van der Waals surface area contributed by atoms with Crippen LogP contribution in [0.2, 0.25) is 10.2 Å². The number of alkyl halides is 3. The van der Waals surface area contributed by atoms with E-state index < -0.39 is 29.8 Å². The number of carbonyl (C=O) groups excluding carboxylic acids is 1. The van der Waals surface area contributed by atoms with Crippen molar-refractivity contribution in [3.63, 3.8) is 0 Å². The fourth-order valence-electron chi connectivity index (χ4n) is 3.96. The van der Waals surface area contributed by atoms with Crippen molar-refractivity contribution in [2.75, 3.05) is 0 Å². The molecule has 37 heavy (non-hydrogen) atoms. The largest absolute Gasteiger partial charge is 0.480 e. The third-order valence-corrected chi connectivity index (χ3v) is 6.50. The number of carboxylic acids is 1. The first-order valence-corrected chi connectivity index (χ1v) is 11.6. The lowest BCUT2D eigenvalue weighted by atomic mass is 10.0. The number of amides is 1. The summed E-state index contributed by atoms with van der Waals surface area (Å²) in [5, 5.41) is 16.2. The van der Waals surface area contributed by atoms with Crippen LogP contribution in [0.3, 0.4) is 0 Å². The van der Waals surface area contributed by atoms with Gasteiger partial charge in [0, 0.05) is 18.9 Å². The third kappa shape index (κ3) is 5.40. The van der Waals surface area contributed by atoms with Crippen LogP contribution >= 0.6 is 23.2 Å². The van der Waals surface area contributed by atoms with Gasteiger partial charge in [-0.2, -0.15) is 18.3 Å². The number of rotatable bonds is 6. The molecule has 0 aliphatic carbocycles. The van der Waals surface area contributed by atoms with Crippen LogP contribution in [0.1, 0.15) is 27.2 Å². The highest BCUT2D eigenvalue weighted by atomic mass is 35.5. The van der Waals surface area contributed by atoms with Gasteiger partial charge in [-0.25, -0.2) is 9.78 Å². The molecule has 192 valence electrons. The Morgan fingerprint density at radius 3 is 2.51 bits per heavy atom. The van der Waals surface area contributed by atoms with Gasteiger partial charge in [0.2, 0.25) is 0 Å². The van der Waals surface area contributed by atoms with Gasteiger partial charge in [0.15, 0.2) is 5.69 Å². The number of nitrogens with one attached hydrogen (secondary N) is 1. The van der Waals surface area contributed by atoms with Crippen LogP contribution in [0.25, 0.3) is 22.2 Å². The smallest absolute Gasteiger partial charge is 0.435 e. The number of fused-ring (bicyclic) bond motifs is 1. The first-order chi connectivity index (χ1) is 17.4. The van der Waals surface area contributed by atoms with E-state index in [1.54, 1.807) is 49.4 Å². The van der Waals surface area contributed by atoms with Gasteiger partial charge >= 0.3 is 12.1 Å². The molecule has 0 bridgehead atoms. The van der Waals surface area contributed by atoms with Crippen molar-refractivity contribution in [2.45, 2.75) is 25.6 Å². The summed E-state index contributed by atoms with van der Waals surface area (Å²) >= 11 is 12.2. The van der Waals surface area contributed by atoms with Crippen molar-refractivity contribution in [1.82, 2.24) is 20.1 Å². The van der Waals surface area contributed by atoms with Crippen molar-refractivity contribution in [3.05, 3.63) is 81.1 Å². The molecule has 1 atom stereocenters. The van der Waals surface area contributed by atoms with Crippen LogP contribution in [0.15, 0.2) is 48.5 Å². The predicted octanol–water partition coefficient (Wildman–Crippen LogP) is 5.70. The molecular weight excluding hydrogens is 532 g/mol. The molecule has 0 aliphatic rings. The summed E-state index contributed by atoms with van der Waals surface area (Å²) in [6, 6.07) is 11.4. The minimum atomic E-state index is -4.72. The van der Waals surface area contributed by atoms with Crippen LogP contribution in [0.5, 0.6) is 0 Å². The molecule has 0 aliphatic heterocycles. The fourth-order valence-corrected chi connectivity index (χ4v) is 4.49. The first-order valence-electron chi connectivity index (χ1n) is 10.9. The second-order valence-corrected chi connectivity index (χ2v) is 9.12. The molecule has 12 heteroatoms. The Kier molecular flexibility index (Phi) is 7.16. The zero-order valence-electron chi connectivity index (χ0n) is 19.4. The maximum absolute atomic E-state index is 13.5. The lowest BCUT2D eigenvalue weighted by Crippen LogP contribution is -2.42. The van der Waals surface area contributed by atoms with E-state index in [2.05, 4.69) is 15.4 Å². The van der Waals surface area contributed by atoms with Gasteiger partial charge in [-0.1, -0.05) is 47.5 Å². The molecule has 4 aromatic rings. The quantitative estimate of drug-likeness (QED) is 0.321. The van der Waals surface area contributed by atoms with Crippen molar-refractivity contribution in [1.29, 1.82) is 0 Å². The Bertz CT molecular complexity index is 1520. The molecule has 0 saturated carbocycles. The maximum atomic E-state index is 13.5. The molecule has 0 radical (unpaired) electrons. The Morgan fingerprint density at radius 2 is 1.86 bits per heavy atom. The summed E-state index contributed by atoms with van der Waals surface area (Å²) in [6.07, 6.45) is -4.77. The monoisotopic (exact) mass is 550 g/mol. The van der Waals surface area contributed by atoms with Crippen molar-refractivity contribution in [3.8, 4) is 11.3 Å². The maximum Gasteiger partial charge on any atom is 0.435 e. The number of hydrogen-bond donors (Lipinski definition) is 2. The number of benzene rings is 2. The zero-order valence-corrected chi connectivity index (χ0v) is 20.9. The molecule has 2 heterocycles. The zero-order chi connectivity index (χ0) is 27.1. The number of hydrogen-bond acceptors (Lipinski definition) is 4. The minimum absolute atomic E-state index is 0.00328. The van der Waals surface area contributed by atoms with E-state index in [9.17, 15) is 27.9 Å². The highest BCUT2D eigenvalue weighted by Crippen LogP contribution is 2.40. The second-order valence-electron chi connectivity index (χ2n) is 8.36. The number of carboxylic acid groups (broad SMARTS) is 1. The van der Waals surface area contributed by atoms with Gasteiger partial charge in [-0.3, -0.25) is 9.48 Å². The van der Waals surface area contributed by atoms with Gasteiger partial charge in [-0.05, 0) is 42.3 Å². The number of nitrogens with zero attached hydrogens (tertiary/aromatic N) is 3. The normalized spacial score (nSPS) is 12.5. The molecule has 2 aromatic carbocycles. The summed E-state index contributed by atoms with van der Waals surface area (Å²) in [5.74, 6) is -1.85. The van der Waals surface area contributed by atoms with Gasteiger partial charge in [0.05, 0.1) is 27.4 Å². The molecule has 0 fully saturated rings. The Labute approximate surface area is 218 Å². The lowest BCUT2D eigenvalue weighted by Gasteiger charge is -2.16. The van der Waals surface area contributed by atoms with E-state index in [1.165, 1.54) is 13.1 Å². The summed E-state index contributed by atoms with van der Waals surface area (Å²) in [5.41, 5.74) is 0.264. The summed E-state index contributed by atoms with van der Waals surface area (Å²) in [6.45, 7) is 1.69. The number of halogens is 5.